The Bertz CT molecular complexity index is 89.7. The lowest BCUT2D eigenvalue weighted by molar-refractivity contribution is 0.394. The molecule has 0 unspecified atom stereocenters. The van der Waals surface area contributed by atoms with E-state index in [1.165, 1.54) is 6.82 Å². The van der Waals surface area contributed by atoms with Crippen LogP contribution in [0.2, 0.25) is 6.82 Å². The molecule has 7 heavy (non-hydrogen) atoms. The van der Waals surface area contributed by atoms with Crippen LogP contribution in [0.25, 0.3) is 0 Å². The van der Waals surface area contributed by atoms with Crippen LogP contribution in [0.3, 0.4) is 0 Å². The Balaban J connectivity index is 3.36. The molecule has 2 nitrogen and oxygen atoms in total. The van der Waals surface area contributed by atoms with Crippen LogP contribution in [-0.2, 0) is 9.01 Å². The van der Waals surface area contributed by atoms with Gasteiger partial charge in [-0.15, -0.1) is 8.39 Å². The van der Waals surface area contributed by atoms with Crippen molar-refractivity contribution in [3.05, 3.63) is 0 Å². The second kappa shape index (κ2) is 2.43. The first-order chi connectivity index (χ1) is 3.06. The summed E-state index contributed by atoms with van der Waals surface area (Å²) in [6.07, 6.45) is 0. The highest BCUT2D eigenvalue weighted by Gasteiger charge is 2.17. The molecule has 0 radical (unpaired) electrons. The summed E-state index contributed by atoms with van der Waals surface area (Å²) in [5.41, 5.74) is 0. The van der Waals surface area contributed by atoms with E-state index in [0.29, 0.717) is 0 Å². The van der Waals surface area contributed by atoms with Gasteiger partial charge < -0.3 is 4.44 Å². The van der Waals surface area contributed by atoms with E-state index < -0.39 is 7.99 Å². The van der Waals surface area contributed by atoms with E-state index in [2.05, 4.69) is 4.44 Å². The first kappa shape index (κ1) is 7.11. The smallest absolute Gasteiger partial charge is 0.347 e. The molecule has 0 aromatic carbocycles. The Morgan fingerprint density at radius 3 is 2.14 bits per heavy atom. The lowest BCUT2D eigenvalue weighted by Crippen LogP contribution is -1.81. The minimum absolute atomic E-state index is 0.204. The van der Waals surface area contributed by atoms with Crippen molar-refractivity contribution in [3.63, 3.8) is 0 Å². The zero-order chi connectivity index (χ0) is 5.91. The molecule has 0 atom stereocenters. The summed E-state index contributed by atoms with van der Waals surface area (Å²) in [5.74, 6) is 0. The molecule has 0 aliphatic rings. The molecule has 0 rings (SSSR count). The first-order valence-corrected chi connectivity index (χ1v) is 3.11. The molecule has 0 aromatic rings. The number of rotatable bonds is 2. The van der Waals surface area contributed by atoms with Crippen LogP contribution in [0.1, 0.15) is 0 Å². The Labute approximate surface area is 40.8 Å². The van der Waals surface area contributed by atoms with Gasteiger partial charge >= 0.3 is 7.99 Å². The second-order valence-electron chi connectivity index (χ2n) is 0.832. The van der Waals surface area contributed by atoms with Gasteiger partial charge in [-0.25, -0.2) is 4.57 Å². The van der Waals surface area contributed by atoms with Crippen molar-refractivity contribution in [1.82, 2.24) is 0 Å². The monoisotopic (exact) mass is 128 g/mol. The van der Waals surface area contributed by atoms with Gasteiger partial charge in [0.2, 0.25) is 0 Å². The third-order valence-corrected chi connectivity index (χ3v) is 0.838. The van der Waals surface area contributed by atoms with Gasteiger partial charge in [-0.05, 0) is 0 Å². The predicted octanol–water partition coefficient (Wildman–Crippen LogP) is 1.45. The Hall–Kier alpha value is 0.115. The second-order valence-corrected chi connectivity index (χ2v) is 1.92. The van der Waals surface area contributed by atoms with E-state index in [1.54, 1.807) is 0 Å². The van der Waals surface area contributed by atoms with Crippen LogP contribution in [0.5, 0.6) is 0 Å². The molecule has 42 valence electrons. The zero-order valence-corrected chi connectivity index (χ0v) is 4.62. The van der Waals surface area contributed by atoms with E-state index in [1.807, 2.05) is 0 Å². The quantitative estimate of drug-likeness (QED) is 0.415. The van der Waals surface area contributed by atoms with Gasteiger partial charge in [-0.2, -0.15) is 0 Å². The summed E-state index contributed by atoms with van der Waals surface area (Å²) in [6, 6.07) is 0. The number of halogens is 2. The van der Waals surface area contributed by atoms with E-state index >= 15 is 0 Å². The van der Waals surface area contributed by atoms with Crippen LogP contribution >= 0.6 is 7.99 Å². The van der Waals surface area contributed by atoms with Crippen molar-refractivity contribution in [1.29, 1.82) is 0 Å². The van der Waals surface area contributed by atoms with Gasteiger partial charge in [-0.3, -0.25) is 0 Å². The zero-order valence-electron chi connectivity index (χ0n) is 3.73. The van der Waals surface area contributed by atoms with E-state index in [-0.39, 0.29) is 7.48 Å². The van der Waals surface area contributed by atoms with Crippen molar-refractivity contribution in [2.24, 2.45) is 0 Å². The third kappa shape index (κ3) is 6.11. The fourth-order valence-corrected chi connectivity index (χ4v) is 0.451. The summed E-state index contributed by atoms with van der Waals surface area (Å²) < 4.78 is 34.8. The van der Waals surface area contributed by atoms with E-state index in [4.69, 9.17) is 0 Å². The van der Waals surface area contributed by atoms with Crippen molar-refractivity contribution < 1.29 is 17.4 Å². The summed E-state index contributed by atoms with van der Waals surface area (Å²) >= 11 is 0. The average molecular weight is 128 g/mol. The molecular formula is CH4BF2O2P. The van der Waals surface area contributed by atoms with E-state index in [9.17, 15) is 13.0 Å². The summed E-state index contributed by atoms with van der Waals surface area (Å²) in [5, 5.41) is 0. The lowest BCUT2D eigenvalue weighted by Gasteiger charge is -1.91. The molecule has 0 aliphatic carbocycles. The fourth-order valence-electron chi connectivity index (χ4n) is 0.150. The topological polar surface area (TPSA) is 26.3 Å². The molecule has 0 aromatic heterocycles. The van der Waals surface area contributed by atoms with Gasteiger partial charge in [0, 0.05) is 0 Å². The van der Waals surface area contributed by atoms with E-state index in [0.717, 1.165) is 0 Å². The van der Waals surface area contributed by atoms with Crippen LogP contribution in [0, 0.1) is 0 Å². The van der Waals surface area contributed by atoms with Gasteiger partial charge in [0.05, 0.1) is 0 Å². The number of hydrogen-bond acceptors (Lipinski definition) is 2. The Kier molecular flexibility index (Phi) is 2.47. The van der Waals surface area contributed by atoms with Gasteiger partial charge in [-0.1, -0.05) is 6.82 Å². The Morgan fingerprint density at radius 2 is 2.14 bits per heavy atom. The summed E-state index contributed by atoms with van der Waals surface area (Å²) in [4.78, 5) is 0. The molecule has 0 N–H and O–H groups in total. The molecular weight excluding hydrogens is 124 g/mol. The van der Waals surface area contributed by atoms with Gasteiger partial charge in [0.15, 0.2) is 0 Å². The molecule has 0 bridgehead atoms. The van der Waals surface area contributed by atoms with Gasteiger partial charge in [0.25, 0.3) is 7.48 Å². The van der Waals surface area contributed by atoms with Gasteiger partial charge in [0.1, 0.15) is 0 Å². The molecule has 0 heterocycles. The molecule has 0 fully saturated rings. The normalized spacial score (nSPS) is 11.3. The Morgan fingerprint density at radius 1 is 1.71 bits per heavy atom. The highest BCUT2D eigenvalue weighted by atomic mass is 31.2. The van der Waals surface area contributed by atoms with Crippen molar-refractivity contribution >= 4 is 15.5 Å². The first-order valence-electron chi connectivity index (χ1n) is 1.70. The molecule has 6 heteroatoms. The van der Waals surface area contributed by atoms with Crippen LogP contribution < -0.4 is 0 Å². The van der Waals surface area contributed by atoms with Crippen LogP contribution in [0.15, 0.2) is 0 Å². The highest BCUT2D eigenvalue weighted by Crippen LogP contribution is 2.49. The maximum atomic E-state index is 11.1. The molecule has 0 aliphatic heterocycles. The van der Waals surface area contributed by atoms with Crippen molar-refractivity contribution in [2.45, 2.75) is 6.82 Å². The van der Waals surface area contributed by atoms with Crippen LogP contribution in [0.4, 0.5) is 8.39 Å². The SMILES string of the molecule is CBOP(=O)(F)F. The van der Waals surface area contributed by atoms with Crippen molar-refractivity contribution in [3.8, 4) is 0 Å². The van der Waals surface area contributed by atoms with Crippen LogP contribution in [-0.4, -0.2) is 7.48 Å². The number of hydrogen-bond donors (Lipinski definition) is 0. The molecule has 0 saturated carbocycles. The maximum absolute atomic E-state index is 11.1. The highest BCUT2D eigenvalue weighted by molar-refractivity contribution is 7.48. The third-order valence-electron chi connectivity index (χ3n) is 0.279. The largest absolute Gasteiger partial charge is 0.537 e. The summed E-state index contributed by atoms with van der Waals surface area (Å²) in [6.45, 7) is 1.35. The summed E-state index contributed by atoms with van der Waals surface area (Å²) in [7, 11) is -5.37. The lowest BCUT2D eigenvalue weighted by atomic mass is 10.1. The predicted molar refractivity (Wildman–Crippen MR) is 23.9 cm³/mol. The minimum atomic E-state index is -5.17. The molecule has 0 saturated heterocycles. The standard InChI is InChI=1S/CH4BF2O2P/c1-2-6-7(3,4)5/h2H,1H3. The fraction of sp³-hybridized carbons (Fsp3) is 1.00. The average Bonchev–Trinajstić information content (AvgIpc) is 1.30. The van der Waals surface area contributed by atoms with Crippen molar-refractivity contribution in [2.75, 3.05) is 0 Å². The molecule has 0 spiro atoms. The molecule has 0 amide bonds. The minimum Gasteiger partial charge on any atom is -0.347 e. The maximum Gasteiger partial charge on any atom is 0.537 e.